The van der Waals surface area contributed by atoms with Crippen LogP contribution in [0.4, 0.5) is 8.78 Å². The smallest absolute Gasteiger partial charge is 0.349 e. The Labute approximate surface area is 220 Å². The predicted octanol–water partition coefficient (Wildman–Crippen LogP) is 4.50. The molecule has 37 heavy (non-hydrogen) atoms. The summed E-state index contributed by atoms with van der Waals surface area (Å²) in [4.78, 5) is 34.0. The van der Waals surface area contributed by atoms with E-state index in [-0.39, 0.29) is 35.7 Å². The second-order valence-corrected chi connectivity index (χ2v) is 11.5. The molecule has 0 N–H and O–H groups in total. The van der Waals surface area contributed by atoms with Gasteiger partial charge in [-0.1, -0.05) is 17.7 Å². The summed E-state index contributed by atoms with van der Waals surface area (Å²) >= 11 is 7.25. The van der Waals surface area contributed by atoms with Crippen LogP contribution in [0.3, 0.4) is 0 Å². The minimum atomic E-state index is -3.51. The molecule has 1 unspecified atom stereocenters. The SMILES string of the molecule is Cc1cc(C(F)(F)c2nnc(C3CN(C(=O)c4cncs4)CC34CC(C(=O)N3CCC3)C4)o2)ccc1Cl. The van der Waals surface area contributed by atoms with E-state index in [1.54, 1.807) is 17.3 Å². The van der Waals surface area contributed by atoms with E-state index in [4.69, 9.17) is 16.0 Å². The van der Waals surface area contributed by atoms with Gasteiger partial charge < -0.3 is 14.2 Å². The van der Waals surface area contributed by atoms with Crippen molar-refractivity contribution in [1.82, 2.24) is 25.0 Å². The molecule has 3 aliphatic rings. The fourth-order valence-corrected chi connectivity index (χ4v) is 6.42. The van der Waals surface area contributed by atoms with E-state index in [1.165, 1.54) is 35.7 Å². The van der Waals surface area contributed by atoms with Crippen molar-refractivity contribution >= 4 is 34.8 Å². The molecule has 194 valence electrons. The first-order valence-electron chi connectivity index (χ1n) is 12.1. The van der Waals surface area contributed by atoms with Gasteiger partial charge in [0.2, 0.25) is 11.8 Å². The molecule has 1 aliphatic carbocycles. The molecule has 3 aromatic rings. The molecule has 6 rings (SSSR count). The lowest BCUT2D eigenvalue weighted by atomic mass is 9.56. The van der Waals surface area contributed by atoms with Crippen LogP contribution in [-0.2, 0) is 10.7 Å². The van der Waals surface area contributed by atoms with Gasteiger partial charge in [-0.25, -0.2) is 0 Å². The molecule has 1 saturated carbocycles. The van der Waals surface area contributed by atoms with Crippen molar-refractivity contribution in [2.75, 3.05) is 26.2 Å². The van der Waals surface area contributed by atoms with Crippen LogP contribution >= 0.6 is 22.9 Å². The third kappa shape index (κ3) is 4.03. The Bertz CT molecular complexity index is 1350. The van der Waals surface area contributed by atoms with Crippen LogP contribution < -0.4 is 0 Å². The lowest BCUT2D eigenvalue weighted by molar-refractivity contribution is -0.147. The zero-order valence-corrected chi connectivity index (χ0v) is 21.6. The van der Waals surface area contributed by atoms with Crippen LogP contribution in [0.15, 0.2) is 34.3 Å². The molecule has 0 bridgehead atoms. The standard InChI is InChI=1S/C25H24ClF2N5O3S/c1-14-7-16(3-4-18(14)26)25(27,28)23-31-30-20(36-23)17-11-33(22(35)19-10-29-13-37-19)12-24(17)8-15(9-24)21(34)32-5-2-6-32/h3-4,7,10,13,15,17H,2,5-6,8-9,11-12H2,1H3. The van der Waals surface area contributed by atoms with Gasteiger partial charge in [0.05, 0.1) is 17.6 Å². The predicted molar refractivity (Wildman–Crippen MR) is 131 cm³/mol. The highest BCUT2D eigenvalue weighted by atomic mass is 35.5. The number of rotatable bonds is 5. The van der Waals surface area contributed by atoms with Gasteiger partial charge in [0.15, 0.2) is 0 Å². The van der Waals surface area contributed by atoms with Gasteiger partial charge in [-0.2, -0.15) is 8.78 Å². The number of halogens is 3. The number of carbonyl (C=O) groups excluding carboxylic acids is 2. The number of thiazole rings is 1. The first-order chi connectivity index (χ1) is 17.7. The minimum Gasteiger partial charge on any atom is -0.419 e. The number of hydrogen-bond donors (Lipinski definition) is 0. The fourth-order valence-electron chi connectivity index (χ4n) is 5.71. The Morgan fingerprint density at radius 2 is 2.00 bits per heavy atom. The molecule has 2 amide bonds. The Balaban J connectivity index is 1.28. The number of likely N-dealkylation sites (tertiary alicyclic amines) is 2. The molecule has 3 fully saturated rings. The molecule has 1 aromatic carbocycles. The van der Waals surface area contributed by atoms with Crippen molar-refractivity contribution in [3.63, 3.8) is 0 Å². The molecule has 2 aliphatic heterocycles. The average Bonchev–Trinajstić information content (AvgIpc) is 3.56. The molecular weight excluding hydrogens is 524 g/mol. The van der Waals surface area contributed by atoms with Crippen molar-refractivity contribution in [2.24, 2.45) is 11.3 Å². The maximum absolute atomic E-state index is 15.3. The van der Waals surface area contributed by atoms with E-state index in [9.17, 15) is 9.59 Å². The van der Waals surface area contributed by atoms with Gasteiger partial charge >= 0.3 is 5.92 Å². The maximum atomic E-state index is 15.3. The summed E-state index contributed by atoms with van der Waals surface area (Å²) < 4.78 is 36.3. The summed E-state index contributed by atoms with van der Waals surface area (Å²) in [6, 6.07) is 3.95. The Hall–Kier alpha value is -2.92. The van der Waals surface area contributed by atoms with Crippen molar-refractivity contribution in [3.05, 3.63) is 62.7 Å². The Morgan fingerprint density at radius 1 is 1.22 bits per heavy atom. The second-order valence-electron chi connectivity index (χ2n) is 10.2. The molecule has 2 aromatic heterocycles. The normalized spacial score (nSPS) is 25.3. The topological polar surface area (TPSA) is 92.4 Å². The van der Waals surface area contributed by atoms with Gasteiger partial charge in [-0.3, -0.25) is 14.6 Å². The largest absolute Gasteiger partial charge is 0.419 e. The summed E-state index contributed by atoms with van der Waals surface area (Å²) in [7, 11) is 0. The van der Waals surface area contributed by atoms with Gasteiger partial charge in [-0.15, -0.1) is 21.5 Å². The van der Waals surface area contributed by atoms with E-state index in [1.807, 2.05) is 4.90 Å². The van der Waals surface area contributed by atoms with E-state index < -0.39 is 23.1 Å². The van der Waals surface area contributed by atoms with Crippen molar-refractivity contribution < 1.29 is 22.8 Å². The summed E-state index contributed by atoms with van der Waals surface area (Å²) in [6.07, 6.45) is 3.62. The average molecular weight is 548 g/mol. The molecule has 4 heterocycles. The number of amides is 2. The molecule has 0 radical (unpaired) electrons. The van der Waals surface area contributed by atoms with E-state index in [0.29, 0.717) is 34.8 Å². The number of aromatic nitrogens is 3. The van der Waals surface area contributed by atoms with Crippen LogP contribution in [0.5, 0.6) is 0 Å². The number of benzene rings is 1. The lowest BCUT2D eigenvalue weighted by Gasteiger charge is -2.49. The lowest BCUT2D eigenvalue weighted by Crippen LogP contribution is -2.53. The van der Waals surface area contributed by atoms with Gasteiger partial charge in [0.25, 0.3) is 11.8 Å². The molecule has 1 spiro atoms. The Kier molecular flexibility index (Phi) is 5.83. The highest BCUT2D eigenvalue weighted by molar-refractivity contribution is 7.11. The van der Waals surface area contributed by atoms with E-state index >= 15 is 8.78 Å². The zero-order valence-electron chi connectivity index (χ0n) is 20.0. The molecule has 12 heteroatoms. The Morgan fingerprint density at radius 3 is 2.65 bits per heavy atom. The van der Waals surface area contributed by atoms with Crippen LogP contribution in [0.1, 0.15) is 57.8 Å². The number of aryl methyl sites for hydroxylation is 1. The second kappa shape index (κ2) is 8.83. The number of carbonyl (C=O) groups is 2. The van der Waals surface area contributed by atoms with Crippen LogP contribution in [0.2, 0.25) is 5.02 Å². The summed E-state index contributed by atoms with van der Waals surface area (Å²) in [5.41, 5.74) is 1.32. The number of hydrogen-bond acceptors (Lipinski definition) is 7. The van der Waals surface area contributed by atoms with Crippen LogP contribution in [0.25, 0.3) is 0 Å². The van der Waals surface area contributed by atoms with Crippen LogP contribution in [-0.4, -0.2) is 63.0 Å². The summed E-state index contributed by atoms with van der Waals surface area (Å²) in [5.74, 6) is -4.91. The zero-order chi connectivity index (χ0) is 25.9. The van der Waals surface area contributed by atoms with E-state index in [0.717, 1.165) is 19.5 Å². The third-order valence-corrected chi connectivity index (χ3v) is 9.11. The van der Waals surface area contributed by atoms with E-state index in [2.05, 4.69) is 15.2 Å². The molecule has 8 nitrogen and oxygen atoms in total. The van der Waals surface area contributed by atoms with Crippen molar-refractivity contribution in [1.29, 1.82) is 0 Å². The van der Waals surface area contributed by atoms with Gasteiger partial charge in [0, 0.05) is 48.1 Å². The van der Waals surface area contributed by atoms with Gasteiger partial charge in [0.1, 0.15) is 4.88 Å². The van der Waals surface area contributed by atoms with Crippen molar-refractivity contribution in [2.45, 2.75) is 38.0 Å². The monoisotopic (exact) mass is 547 g/mol. The maximum Gasteiger partial charge on any atom is 0.349 e. The third-order valence-electron chi connectivity index (χ3n) is 7.93. The molecular formula is C25H24ClF2N5O3S. The number of nitrogens with zero attached hydrogens (tertiary/aromatic N) is 5. The fraction of sp³-hybridized carbons (Fsp3) is 0.480. The molecule has 2 saturated heterocycles. The van der Waals surface area contributed by atoms with Crippen LogP contribution in [0, 0.1) is 18.3 Å². The molecule has 1 atom stereocenters. The van der Waals surface area contributed by atoms with Gasteiger partial charge in [-0.05, 0) is 43.9 Å². The highest BCUT2D eigenvalue weighted by Gasteiger charge is 2.60. The first-order valence-corrected chi connectivity index (χ1v) is 13.4. The highest BCUT2D eigenvalue weighted by Crippen LogP contribution is 2.59. The quantitative estimate of drug-likeness (QED) is 0.467. The van der Waals surface area contributed by atoms with Crippen molar-refractivity contribution in [3.8, 4) is 0 Å². The summed E-state index contributed by atoms with van der Waals surface area (Å²) in [6.45, 7) is 3.83. The first kappa shape index (κ1) is 24.4. The number of alkyl halides is 2. The summed E-state index contributed by atoms with van der Waals surface area (Å²) in [5, 5.41) is 8.14. The minimum absolute atomic E-state index is 0.0646.